The van der Waals surface area contributed by atoms with Crippen molar-refractivity contribution in [3.8, 4) is 0 Å². The summed E-state index contributed by atoms with van der Waals surface area (Å²) in [5.41, 5.74) is 2.79. The number of benzene rings is 1. The summed E-state index contributed by atoms with van der Waals surface area (Å²) in [6.45, 7) is 41.1. The molecule has 0 heterocycles. The first-order chi connectivity index (χ1) is 23.1. The Labute approximate surface area is 325 Å². The molecule has 0 aliphatic carbocycles. The molecule has 0 aliphatic heterocycles. The van der Waals surface area contributed by atoms with Crippen LogP contribution in [0.5, 0.6) is 0 Å². The van der Waals surface area contributed by atoms with E-state index >= 15 is 0 Å². The minimum atomic E-state index is 0. The second kappa shape index (κ2) is 44.7. The van der Waals surface area contributed by atoms with Gasteiger partial charge in [0.2, 0.25) is 0 Å². The average molecular weight is 721 g/mol. The standard InChI is InChI=1S/C11H16.2C8H18.2C7H14O.C7H16.CH4/c1-9(2)8-11-6-4-10(3)5-7-11;2*1-4-5-6-7-8(2)3;2*1-6(2)4-5-7(3)8;1-6(2)5-7(3)4;/h4-7,9H,8H2,1-3H3;2*8H,4-7H2,1-3H3;2*6H,4-5H2,1-3H3;6-7H,5H2,1-4H3;1H4. The first-order valence-electron chi connectivity index (χ1n) is 21.1. The van der Waals surface area contributed by atoms with Gasteiger partial charge in [0.15, 0.2) is 0 Å². The normalized spacial score (nSPS) is 10.2. The molecule has 308 valence electrons. The lowest BCUT2D eigenvalue weighted by atomic mass is 10.0. The van der Waals surface area contributed by atoms with E-state index in [1.165, 1.54) is 75.3 Å². The molecule has 0 amide bonds. The van der Waals surface area contributed by atoms with E-state index < -0.39 is 0 Å². The number of carbonyl (C=O) groups is 2. The van der Waals surface area contributed by atoms with Gasteiger partial charge in [0, 0.05) is 12.8 Å². The maximum atomic E-state index is 10.3. The molecule has 0 aliphatic rings. The van der Waals surface area contributed by atoms with Crippen LogP contribution < -0.4 is 0 Å². The van der Waals surface area contributed by atoms with Gasteiger partial charge in [-0.3, -0.25) is 0 Å². The molecule has 0 radical (unpaired) electrons. The first-order valence-corrected chi connectivity index (χ1v) is 21.1. The van der Waals surface area contributed by atoms with Crippen molar-refractivity contribution in [1.29, 1.82) is 0 Å². The molecule has 0 atom stereocenters. The van der Waals surface area contributed by atoms with Crippen molar-refractivity contribution in [3.63, 3.8) is 0 Å². The van der Waals surface area contributed by atoms with Gasteiger partial charge in [-0.1, -0.05) is 199 Å². The molecule has 1 aromatic carbocycles. The topological polar surface area (TPSA) is 34.1 Å². The zero-order valence-electron chi connectivity index (χ0n) is 38.1. The van der Waals surface area contributed by atoms with Crippen LogP contribution in [0.25, 0.3) is 0 Å². The summed E-state index contributed by atoms with van der Waals surface area (Å²) in [5, 5.41) is 0. The summed E-state index contributed by atoms with van der Waals surface area (Å²) in [4.78, 5) is 20.7. The molecule has 0 aromatic heterocycles. The maximum absolute atomic E-state index is 10.3. The van der Waals surface area contributed by atoms with Crippen LogP contribution in [0.2, 0.25) is 0 Å². The second-order valence-corrected chi connectivity index (χ2v) is 17.7. The van der Waals surface area contributed by atoms with Crippen LogP contribution in [-0.2, 0) is 16.0 Å². The lowest BCUT2D eigenvalue weighted by Gasteiger charge is -2.05. The van der Waals surface area contributed by atoms with Crippen LogP contribution in [0.1, 0.15) is 227 Å². The average Bonchev–Trinajstić information content (AvgIpc) is 2.97. The number of hydrogen-bond donors (Lipinski definition) is 0. The molecule has 1 aromatic rings. The number of unbranched alkanes of at least 4 members (excludes halogenated alkanes) is 4. The Morgan fingerprint density at radius 1 is 0.471 bits per heavy atom. The van der Waals surface area contributed by atoms with Gasteiger partial charge in [0.05, 0.1) is 0 Å². The Balaban J connectivity index is -0.000000120. The van der Waals surface area contributed by atoms with Crippen LogP contribution in [0, 0.1) is 48.3 Å². The lowest BCUT2D eigenvalue weighted by Crippen LogP contribution is -1.93. The molecular formula is C49H100O2. The fourth-order valence-electron chi connectivity index (χ4n) is 4.73. The van der Waals surface area contributed by atoms with E-state index in [1.807, 2.05) is 0 Å². The summed E-state index contributed by atoms with van der Waals surface area (Å²) < 4.78 is 0. The second-order valence-electron chi connectivity index (χ2n) is 17.7. The summed E-state index contributed by atoms with van der Waals surface area (Å²) in [7, 11) is 0. The molecule has 0 spiro atoms. The van der Waals surface area contributed by atoms with Crippen molar-refractivity contribution >= 4 is 11.6 Å². The summed E-state index contributed by atoms with van der Waals surface area (Å²) in [6, 6.07) is 8.79. The highest BCUT2D eigenvalue weighted by Crippen LogP contribution is 2.10. The van der Waals surface area contributed by atoms with Gasteiger partial charge in [-0.05, 0) is 93.4 Å². The van der Waals surface area contributed by atoms with Crippen molar-refractivity contribution in [2.45, 2.75) is 229 Å². The maximum Gasteiger partial charge on any atom is 0.129 e. The van der Waals surface area contributed by atoms with Crippen LogP contribution in [-0.4, -0.2) is 11.6 Å². The van der Waals surface area contributed by atoms with E-state index in [0.717, 1.165) is 55.3 Å². The predicted octanol–water partition coefficient (Wildman–Crippen LogP) is 17.0. The van der Waals surface area contributed by atoms with Gasteiger partial charge in [-0.25, -0.2) is 0 Å². The van der Waals surface area contributed by atoms with Gasteiger partial charge in [0.1, 0.15) is 11.6 Å². The number of carbonyl (C=O) groups excluding carboxylic acids is 2. The van der Waals surface area contributed by atoms with Crippen LogP contribution >= 0.6 is 0 Å². The predicted molar refractivity (Wildman–Crippen MR) is 238 cm³/mol. The summed E-state index contributed by atoms with van der Waals surface area (Å²) >= 11 is 0. The number of rotatable bonds is 18. The first kappa shape index (κ1) is 61.6. The Bertz CT molecular complexity index is 754. The molecule has 2 nitrogen and oxygen atoms in total. The van der Waals surface area contributed by atoms with Gasteiger partial charge in [-0.15, -0.1) is 0 Å². The monoisotopic (exact) mass is 721 g/mol. The molecule has 0 fully saturated rings. The minimum absolute atomic E-state index is 0. The highest BCUT2D eigenvalue weighted by molar-refractivity contribution is 5.75. The summed E-state index contributed by atoms with van der Waals surface area (Å²) in [5.74, 6) is 6.26. The zero-order chi connectivity index (χ0) is 40.1. The van der Waals surface area contributed by atoms with Gasteiger partial charge in [0.25, 0.3) is 0 Å². The van der Waals surface area contributed by atoms with Gasteiger partial charge in [-0.2, -0.15) is 0 Å². The van der Waals surface area contributed by atoms with Crippen LogP contribution in [0.4, 0.5) is 0 Å². The highest BCUT2D eigenvalue weighted by Gasteiger charge is 1.98. The molecule has 2 heteroatoms. The molecule has 0 bridgehead atoms. The quantitative estimate of drug-likeness (QED) is 0.142. The Hall–Kier alpha value is -1.44. The van der Waals surface area contributed by atoms with E-state index in [2.05, 4.69) is 142 Å². The minimum Gasteiger partial charge on any atom is -0.300 e. The molecule has 0 saturated heterocycles. The van der Waals surface area contributed by atoms with E-state index in [-0.39, 0.29) is 7.43 Å². The Morgan fingerprint density at radius 2 is 0.784 bits per heavy atom. The SMILES string of the molecule is C.CC(=O)CCC(C)C.CC(=O)CCC(C)C.CC(C)CC(C)C.CCCCCC(C)C.CCCCCC(C)C.Cc1ccc(CC(C)C)cc1. The number of aryl methyl sites for hydroxylation is 1. The number of hydrogen-bond acceptors (Lipinski definition) is 2. The molecule has 1 rings (SSSR count). The third-order valence-electron chi connectivity index (χ3n) is 7.62. The fraction of sp³-hybridized carbons (Fsp3) is 0.837. The van der Waals surface area contributed by atoms with E-state index in [0.29, 0.717) is 23.4 Å². The third-order valence-corrected chi connectivity index (χ3v) is 7.62. The smallest absolute Gasteiger partial charge is 0.129 e. The van der Waals surface area contributed by atoms with E-state index in [1.54, 1.807) is 13.8 Å². The van der Waals surface area contributed by atoms with Crippen LogP contribution in [0.3, 0.4) is 0 Å². The zero-order valence-corrected chi connectivity index (χ0v) is 38.1. The largest absolute Gasteiger partial charge is 0.300 e. The lowest BCUT2D eigenvalue weighted by molar-refractivity contribution is -0.118. The molecule has 0 saturated carbocycles. The molecular weight excluding hydrogens is 621 g/mol. The Morgan fingerprint density at radius 3 is 0.961 bits per heavy atom. The van der Waals surface area contributed by atoms with Crippen molar-refractivity contribution in [3.05, 3.63) is 35.4 Å². The van der Waals surface area contributed by atoms with Crippen LogP contribution in [0.15, 0.2) is 24.3 Å². The highest BCUT2D eigenvalue weighted by atomic mass is 16.1. The van der Waals surface area contributed by atoms with Gasteiger partial charge < -0.3 is 9.59 Å². The number of ketones is 2. The van der Waals surface area contributed by atoms with Gasteiger partial charge >= 0.3 is 0 Å². The van der Waals surface area contributed by atoms with Crippen molar-refractivity contribution < 1.29 is 9.59 Å². The van der Waals surface area contributed by atoms with E-state index in [9.17, 15) is 9.59 Å². The Kier molecular flexibility index (Phi) is 54.0. The summed E-state index contributed by atoms with van der Waals surface area (Å²) in [6.07, 6.45) is 17.3. The van der Waals surface area contributed by atoms with Crippen molar-refractivity contribution in [2.75, 3.05) is 0 Å². The molecule has 0 N–H and O–H groups in total. The third kappa shape index (κ3) is 78.8. The van der Waals surface area contributed by atoms with Crippen molar-refractivity contribution in [1.82, 2.24) is 0 Å². The fourth-order valence-corrected chi connectivity index (χ4v) is 4.73. The van der Waals surface area contributed by atoms with Crippen molar-refractivity contribution in [2.24, 2.45) is 41.4 Å². The van der Waals surface area contributed by atoms with E-state index in [4.69, 9.17) is 0 Å². The number of Topliss-reactive ketones (excluding diaryl/α,β-unsaturated/α-hetero) is 2. The molecule has 0 unspecified atom stereocenters. The molecule has 51 heavy (non-hydrogen) atoms.